The van der Waals surface area contributed by atoms with Gasteiger partial charge >= 0.3 is 5.22 Å². The number of nitrogens with zero attached hydrogens (tertiary/aromatic N) is 5. The summed E-state index contributed by atoms with van der Waals surface area (Å²) in [7, 11) is -3.60. The molecule has 0 fully saturated rings. The van der Waals surface area contributed by atoms with Crippen molar-refractivity contribution in [3.63, 3.8) is 0 Å². The van der Waals surface area contributed by atoms with Crippen molar-refractivity contribution >= 4 is 27.3 Å². The third-order valence-electron chi connectivity index (χ3n) is 5.22. The Bertz CT molecular complexity index is 1440. The van der Waals surface area contributed by atoms with Gasteiger partial charge in [-0.05, 0) is 41.9 Å². The number of carbonyl (C=O) groups is 2. The second-order valence-corrected chi connectivity index (χ2v) is 10.2. The van der Waals surface area contributed by atoms with Gasteiger partial charge in [0, 0.05) is 46.6 Å². The molecule has 0 saturated heterocycles. The first-order valence-electron chi connectivity index (χ1n) is 12.4. The minimum Gasteiger partial charge on any atom is -0.408 e. The Hall–Kier alpha value is -4.34. The molecule has 0 bridgehead atoms. The number of benzene rings is 2. The first kappa shape index (κ1) is 31.2. The summed E-state index contributed by atoms with van der Waals surface area (Å²) in [5.74, 6) is -0.511. The number of hydrogen-bond donors (Lipinski definition) is 2. The van der Waals surface area contributed by atoms with Crippen molar-refractivity contribution in [3.05, 3.63) is 70.1 Å². The van der Waals surface area contributed by atoms with Gasteiger partial charge in [-0.2, -0.15) is 0 Å². The van der Waals surface area contributed by atoms with Crippen LogP contribution in [0, 0.1) is 0 Å². The van der Waals surface area contributed by atoms with E-state index in [0.29, 0.717) is 75.1 Å². The SMILES string of the molecule is CS(=O)(=O)c1nnc(-c2ccc(C(=O)NCCOCCOCCOCCNC(=O)c3ccc(N=[N+]=[N-])cc3)cc2)o1. The van der Waals surface area contributed by atoms with Crippen LogP contribution in [0.4, 0.5) is 5.69 Å². The van der Waals surface area contributed by atoms with Crippen molar-refractivity contribution in [1.29, 1.82) is 0 Å². The first-order valence-corrected chi connectivity index (χ1v) is 14.3. The molecule has 15 nitrogen and oxygen atoms in total. The normalized spacial score (nSPS) is 11.0. The predicted octanol–water partition coefficient (Wildman–Crippen LogP) is 2.29. The summed E-state index contributed by atoms with van der Waals surface area (Å²) < 4.78 is 44.3. The maximum absolute atomic E-state index is 12.3. The zero-order chi connectivity index (χ0) is 29.5. The average Bonchev–Trinajstić information content (AvgIpc) is 3.47. The Morgan fingerprint density at radius 2 is 1.32 bits per heavy atom. The highest BCUT2D eigenvalue weighted by Gasteiger charge is 2.17. The van der Waals surface area contributed by atoms with E-state index in [-0.39, 0.29) is 17.7 Å². The van der Waals surface area contributed by atoms with Gasteiger partial charge < -0.3 is 29.3 Å². The quantitative estimate of drug-likeness (QED) is 0.102. The Morgan fingerprint density at radius 1 is 0.829 bits per heavy atom. The second kappa shape index (κ2) is 16.1. The molecule has 3 rings (SSSR count). The molecule has 0 aliphatic carbocycles. The number of aromatic nitrogens is 2. The molecule has 1 heterocycles. The molecule has 1 aromatic heterocycles. The zero-order valence-electron chi connectivity index (χ0n) is 22.2. The van der Waals surface area contributed by atoms with Crippen molar-refractivity contribution in [3.8, 4) is 11.5 Å². The summed E-state index contributed by atoms with van der Waals surface area (Å²) in [5, 5.41) is 15.7. The monoisotopic (exact) mass is 587 g/mol. The molecule has 218 valence electrons. The van der Waals surface area contributed by atoms with E-state index < -0.39 is 15.1 Å². The van der Waals surface area contributed by atoms with Crippen molar-refractivity contribution in [1.82, 2.24) is 20.8 Å². The molecule has 41 heavy (non-hydrogen) atoms. The second-order valence-electron chi connectivity index (χ2n) is 8.31. The van der Waals surface area contributed by atoms with Crippen LogP contribution < -0.4 is 10.6 Å². The highest BCUT2D eigenvalue weighted by molar-refractivity contribution is 7.90. The molecule has 16 heteroatoms. The summed E-state index contributed by atoms with van der Waals surface area (Å²) in [6.45, 7) is 2.69. The summed E-state index contributed by atoms with van der Waals surface area (Å²) >= 11 is 0. The fourth-order valence-electron chi connectivity index (χ4n) is 3.19. The molecule has 0 atom stereocenters. The summed E-state index contributed by atoms with van der Waals surface area (Å²) in [5.41, 5.74) is 10.2. The fourth-order valence-corrected chi connectivity index (χ4v) is 3.61. The van der Waals surface area contributed by atoms with Gasteiger partial charge in [0.1, 0.15) is 0 Å². The molecular formula is C25H29N7O8S. The Morgan fingerprint density at radius 3 is 1.78 bits per heavy atom. The van der Waals surface area contributed by atoms with Gasteiger partial charge in [0.25, 0.3) is 11.8 Å². The van der Waals surface area contributed by atoms with Crippen molar-refractivity contribution in [2.45, 2.75) is 5.22 Å². The molecular weight excluding hydrogens is 558 g/mol. The van der Waals surface area contributed by atoms with E-state index in [9.17, 15) is 18.0 Å². The lowest BCUT2D eigenvalue weighted by Gasteiger charge is -2.09. The number of hydrogen-bond acceptors (Lipinski definition) is 11. The molecule has 2 aromatic carbocycles. The van der Waals surface area contributed by atoms with Crippen molar-refractivity contribution in [2.75, 3.05) is 59.0 Å². The topological polar surface area (TPSA) is 208 Å². The largest absolute Gasteiger partial charge is 0.408 e. The molecule has 2 amide bonds. The Kier molecular flexibility index (Phi) is 12.2. The van der Waals surface area contributed by atoms with E-state index in [2.05, 4.69) is 30.9 Å². The molecule has 0 spiro atoms. The van der Waals surface area contributed by atoms with Crippen LogP contribution in [0.5, 0.6) is 0 Å². The van der Waals surface area contributed by atoms with Gasteiger partial charge in [-0.1, -0.05) is 22.3 Å². The lowest BCUT2D eigenvalue weighted by molar-refractivity contribution is 0.0157. The third kappa shape index (κ3) is 10.6. The molecule has 0 aliphatic heterocycles. The molecule has 0 aliphatic rings. The van der Waals surface area contributed by atoms with Crippen LogP contribution in [0.1, 0.15) is 20.7 Å². The van der Waals surface area contributed by atoms with Gasteiger partial charge in [0.05, 0.1) is 39.6 Å². The minimum atomic E-state index is -3.60. The number of ether oxygens (including phenoxy) is 3. The van der Waals surface area contributed by atoms with Gasteiger partial charge in [-0.25, -0.2) is 8.42 Å². The van der Waals surface area contributed by atoms with Crippen LogP contribution in [0.3, 0.4) is 0 Å². The molecule has 2 N–H and O–H groups in total. The average molecular weight is 588 g/mol. The van der Waals surface area contributed by atoms with Crippen LogP contribution in [0.15, 0.2) is 63.3 Å². The van der Waals surface area contributed by atoms with Gasteiger partial charge in [0.15, 0.2) is 0 Å². The van der Waals surface area contributed by atoms with E-state index >= 15 is 0 Å². The number of rotatable bonds is 17. The maximum atomic E-state index is 12.3. The Balaban J connectivity index is 1.17. The van der Waals surface area contributed by atoms with E-state index in [1.54, 1.807) is 48.5 Å². The van der Waals surface area contributed by atoms with E-state index in [1.165, 1.54) is 0 Å². The molecule has 0 radical (unpaired) electrons. The van der Waals surface area contributed by atoms with E-state index in [0.717, 1.165) is 6.26 Å². The summed E-state index contributed by atoms with van der Waals surface area (Å²) in [6.07, 6.45) is 0.970. The number of nitrogens with one attached hydrogen (secondary N) is 2. The number of carbonyl (C=O) groups excluding carboxylic acids is 2. The fraction of sp³-hybridized carbons (Fsp3) is 0.360. The summed E-state index contributed by atoms with van der Waals surface area (Å²) in [4.78, 5) is 27.0. The standard InChI is InChI=1S/C25H29N7O8S/c1-41(35,36)25-31-30-24(40-25)20-4-2-18(3-5-20)22(33)27-10-12-37-14-16-39-17-15-38-13-11-28-23(34)19-6-8-21(9-7-19)29-32-26/h2-9H,10-17H2,1H3,(H,27,33)(H,28,34). The van der Waals surface area contributed by atoms with Crippen LogP contribution >= 0.6 is 0 Å². The molecule has 3 aromatic rings. The lowest BCUT2D eigenvalue weighted by atomic mass is 10.1. The highest BCUT2D eigenvalue weighted by Crippen LogP contribution is 2.20. The van der Waals surface area contributed by atoms with E-state index in [1.807, 2.05) is 0 Å². The number of amides is 2. The van der Waals surface area contributed by atoms with Crippen LogP contribution in [-0.2, 0) is 24.0 Å². The highest BCUT2D eigenvalue weighted by atomic mass is 32.2. The maximum Gasteiger partial charge on any atom is 0.335 e. The van der Waals surface area contributed by atoms with E-state index in [4.69, 9.17) is 24.2 Å². The minimum absolute atomic E-state index is 0.0386. The van der Waals surface area contributed by atoms with Crippen LogP contribution in [-0.4, -0.2) is 89.4 Å². The van der Waals surface area contributed by atoms with Gasteiger partial charge in [0.2, 0.25) is 15.7 Å². The van der Waals surface area contributed by atoms with Crippen LogP contribution in [0.2, 0.25) is 0 Å². The van der Waals surface area contributed by atoms with Crippen molar-refractivity contribution in [2.24, 2.45) is 5.11 Å². The number of azide groups is 1. The summed E-state index contributed by atoms with van der Waals surface area (Å²) in [6, 6.07) is 12.6. The number of sulfone groups is 1. The zero-order valence-corrected chi connectivity index (χ0v) is 23.0. The van der Waals surface area contributed by atoms with Crippen LogP contribution in [0.25, 0.3) is 21.9 Å². The molecule has 0 saturated carbocycles. The molecule has 0 unspecified atom stereocenters. The van der Waals surface area contributed by atoms with Gasteiger partial charge in [-0.15, -0.1) is 5.10 Å². The third-order valence-corrected chi connectivity index (χ3v) is 6.01. The Labute approximate surface area is 235 Å². The predicted molar refractivity (Wildman–Crippen MR) is 145 cm³/mol. The first-order chi connectivity index (χ1) is 19.8. The van der Waals surface area contributed by atoms with Crippen molar-refractivity contribution < 1.29 is 36.6 Å². The smallest absolute Gasteiger partial charge is 0.335 e. The van der Waals surface area contributed by atoms with Gasteiger partial charge in [-0.3, -0.25) is 9.59 Å². The lowest BCUT2D eigenvalue weighted by Crippen LogP contribution is -2.28.